The first kappa shape index (κ1) is 21.4. The van der Waals surface area contributed by atoms with Crippen molar-refractivity contribution in [2.24, 2.45) is 12.0 Å². The van der Waals surface area contributed by atoms with Crippen LogP contribution in [0, 0.1) is 6.92 Å². The van der Waals surface area contributed by atoms with Gasteiger partial charge in [0.15, 0.2) is 0 Å². The molecule has 4 rings (SSSR count). The van der Waals surface area contributed by atoms with E-state index in [0.29, 0.717) is 32.9 Å². The summed E-state index contributed by atoms with van der Waals surface area (Å²) in [5.74, 6) is 1.39. The van der Waals surface area contributed by atoms with Crippen LogP contribution in [0.15, 0.2) is 52.0 Å². The molecule has 0 bridgehead atoms. The second-order valence-electron chi connectivity index (χ2n) is 6.44. The van der Waals surface area contributed by atoms with E-state index >= 15 is 0 Å². The van der Waals surface area contributed by atoms with E-state index in [0.717, 1.165) is 10.6 Å². The molecule has 3 N–H and O–H groups in total. The Morgan fingerprint density at radius 3 is 3.00 bits per heavy atom. The van der Waals surface area contributed by atoms with Crippen LogP contribution in [0.25, 0.3) is 0 Å². The number of aliphatic hydroxyl groups excluding tert-OH is 2. The van der Waals surface area contributed by atoms with Gasteiger partial charge in [-0.15, -0.1) is 0 Å². The van der Waals surface area contributed by atoms with Crippen molar-refractivity contribution < 1.29 is 14.9 Å². The van der Waals surface area contributed by atoms with E-state index in [2.05, 4.69) is 30.1 Å². The molecule has 0 radical (unpaired) electrons. The molecule has 4 aromatic heterocycles. The van der Waals surface area contributed by atoms with Crippen molar-refractivity contribution in [2.45, 2.75) is 23.1 Å². The Bertz CT molecular complexity index is 1260. The van der Waals surface area contributed by atoms with Gasteiger partial charge in [-0.2, -0.15) is 0 Å². The molecule has 13 heteroatoms. The van der Waals surface area contributed by atoms with Crippen LogP contribution in [0.4, 0.5) is 5.82 Å². The molecular formula is C18H18BN7O3S2. The van der Waals surface area contributed by atoms with Crippen molar-refractivity contribution in [3.63, 3.8) is 0 Å². The molecule has 0 aliphatic carbocycles. The molecular weight excluding hydrogens is 437 g/mol. The molecule has 4 aromatic rings. The summed E-state index contributed by atoms with van der Waals surface area (Å²) in [7, 11) is 1.86. The predicted octanol–water partition coefficient (Wildman–Crippen LogP) is 1.84. The van der Waals surface area contributed by atoms with E-state index in [1.54, 1.807) is 31.0 Å². The number of hydrogen-bond acceptors (Lipinski definition) is 10. The number of ether oxygens (including phenoxy) is 1. The number of H-pyrrole nitrogens is 1. The molecule has 158 valence electrons. The molecule has 0 saturated carbocycles. The topological polar surface area (TPSA) is 134 Å². The zero-order valence-electron chi connectivity index (χ0n) is 16.6. The summed E-state index contributed by atoms with van der Waals surface area (Å²) in [4.78, 5) is 17.6. The van der Waals surface area contributed by atoms with Gasteiger partial charge in [-0.05, 0) is 0 Å². The number of aryl methyl sites for hydroxylation is 2. The molecule has 1 atom stereocenters. The van der Waals surface area contributed by atoms with E-state index in [4.69, 9.17) is 9.84 Å². The van der Waals surface area contributed by atoms with Crippen LogP contribution in [0.3, 0.4) is 0 Å². The van der Waals surface area contributed by atoms with Gasteiger partial charge in [0.25, 0.3) is 0 Å². The maximum atomic E-state index is 9.79. The molecule has 10 nitrogen and oxygen atoms in total. The number of hydrogen-bond donors (Lipinski definition) is 3. The number of aliphatic hydroxyl groups is 2. The van der Waals surface area contributed by atoms with E-state index in [-0.39, 0.29) is 6.61 Å². The summed E-state index contributed by atoms with van der Waals surface area (Å²) in [5, 5.41) is 27.6. The molecule has 1 unspecified atom stereocenters. The number of aromatic amines is 1. The second-order valence-corrected chi connectivity index (χ2v) is 8.34. The number of nitrogens with zero attached hydrogens (tertiary/aromatic N) is 6. The summed E-state index contributed by atoms with van der Waals surface area (Å²) < 4.78 is 7.91. The SMILES string of the molecule is Cc1ncccc1Oc1cc(Sc2nncn2C)cnc1/N=c1/[nH]c(C(O)CO)bs1. The van der Waals surface area contributed by atoms with Gasteiger partial charge in [0.2, 0.25) is 0 Å². The van der Waals surface area contributed by atoms with Crippen LogP contribution in [0.5, 0.6) is 11.5 Å². The zero-order chi connectivity index (χ0) is 21.8. The fourth-order valence-corrected chi connectivity index (χ4v) is 4.04. The van der Waals surface area contributed by atoms with Crippen molar-refractivity contribution in [1.29, 1.82) is 0 Å². The third-order valence-corrected chi connectivity index (χ3v) is 5.95. The van der Waals surface area contributed by atoms with Crippen molar-refractivity contribution in [3.8, 4) is 11.5 Å². The Labute approximate surface area is 185 Å². The Hall–Kier alpha value is -2.87. The average molecular weight is 455 g/mol. The fourth-order valence-electron chi connectivity index (χ4n) is 2.51. The quantitative estimate of drug-likeness (QED) is 0.384. The minimum absolute atomic E-state index is 0.355. The molecule has 0 fully saturated rings. The van der Waals surface area contributed by atoms with Crippen molar-refractivity contribution >= 4 is 34.9 Å². The molecule has 0 aliphatic rings. The van der Waals surface area contributed by atoms with Crippen LogP contribution >= 0.6 is 22.9 Å². The molecule has 0 aliphatic heterocycles. The first-order chi connectivity index (χ1) is 15.0. The first-order valence-electron chi connectivity index (χ1n) is 9.16. The van der Waals surface area contributed by atoms with E-state index < -0.39 is 6.10 Å². The van der Waals surface area contributed by atoms with Crippen molar-refractivity contribution in [1.82, 2.24) is 29.7 Å². The van der Waals surface area contributed by atoms with Gasteiger partial charge < -0.3 is 0 Å². The molecule has 0 aromatic carbocycles. The van der Waals surface area contributed by atoms with Gasteiger partial charge in [0.05, 0.1) is 0 Å². The number of rotatable bonds is 7. The Balaban J connectivity index is 1.73. The van der Waals surface area contributed by atoms with Gasteiger partial charge in [-0.3, -0.25) is 0 Å². The van der Waals surface area contributed by atoms with Gasteiger partial charge in [0, 0.05) is 0 Å². The monoisotopic (exact) mass is 455 g/mol. The van der Waals surface area contributed by atoms with Crippen LogP contribution < -0.4 is 9.54 Å². The summed E-state index contributed by atoms with van der Waals surface area (Å²) in [6.07, 6.45) is 5.70. The molecule has 0 amide bonds. The molecule has 0 spiro atoms. The van der Waals surface area contributed by atoms with E-state index in [1.807, 2.05) is 30.7 Å². The van der Waals surface area contributed by atoms with Gasteiger partial charge in [-0.25, -0.2) is 0 Å². The number of nitrogens with one attached hydrogen (secondary N) is 1. The normalized spacial score (nSPS) is 12.7. The van der Waals surface area contributed by atoms with Gasteiger partial charge >= 0.3 is 186 Å². The number of aromatic nitrogens is 6. The van der Waals surface area contributed by atoms with E-state index in [1.165, 1.54) is 22.9 Å². The summed E-state index contributed by atoms with van der Waals surface area (Å²) >= 11 is 2.69. The summed E-state index contributed by atoms with van der Waals surface area (Å²) in [6, 6.07) is 5.44. The zero-order valence-corrected chi connectivity index (χ0v) is 18.3. The maximum absolute atomic E-state index is 9.79. The van der Waals surface area contributed by atoms with Gasteiger partial charge in [-0.1, -0.05) is 0 Å². The minimum atomic E-state index is -0.993. The van der Waals surface area contributed by atoms with Crippen LogP contribution in [0.2, 0.25) is 0 Å². The van der Waals surface area contributed by atoms with Crippen LogP contribution in [-0.2, 0) is 7.05 Å². The predicted molar refractivity (Wildman–Crippen MR) is 116 cm³/mol. The standard InChI is InChI=1S/C18H18BN7O3S2/c1-10-13(4-3-5-20-10)29-14-6-11(30-18-25-22-9-26(18)2)7-21-16(14)24-17-23-15(19-31-17)12(28)8-27/h3-7,9,12,27-28H,8H2,1-2H3,(H,21,23,24). The third-order valence-electron chi connectivity index (χ3n) is 4.15. The average Bonchev–Trinajstić information content (AvgIpc) is 3.40. The van der Waals surface area contributed by atoms with Crippen LogP contribution in [0.1, 0.15) is 17.4 Å². The van der Waals surface area contributed by atoms with E-state index in [9.17, 15) is 5.11 Å². The summed E-state index contributed by atoms with van der Waals surface area (Å²) in [6.45, 7) is 1.47. The Morgan fingerprint density at radius 2 is 2.26 bits per heavy atom. The Kier molecular flexibility index (Phi) is 6.56. The van der Waals surface area contributed by atoms with Crippen molar-refractivity contribution in [3.05, 3.63) is 53.0 Å². The van der Waals surface area contributed by atoms with Crippen LogP contribution in [-0.4, -0.2) is 52.7 Å². The summed E-state index contributed by atoms with van der Waals surface area (Å²) in [5.41, 5.74) is 1.21. The molecule has 4 heterocycles. The fraction of sp³-hybridized carbons (Fsp3) is 0.222. The molecule has 31 heavy (non-hydrogen) atoms. The molecule has 0 saturated heterocycles. The second kappa shape index (κ2) is 9.51. The third kappa shape index (κ3) is 5.07. The first-order valence-corrected chi connectivity index (χ1v) is 10.9. The number of pyridine rings is 2. The Morgan fingerprint density at radius 1 is 1.39 bits per heavy atom. The van der Waals surface area contributed by atoms with Gasteiger partial charge in [0.1, 0.15) is 0 Å². The van der Waals surface area contributed by atoms with Crippen molar-refractivity contribution in [2.75, 3.05) is 6.61 Å².